The Morgan fingerprint density at radius 1 is 0.321 bits per heavy atom. The molecule has 0 N–H and O–H groups in total. The average molecular weight is 720 g/mol. The molecule has 0 radical (unpaired) electrons. The van der Waals surface area contributed by atoms with Gasteiger partial charge in [-0.3, -0.25) is 0 Å². The summed E-state index contributed by atoms with van der Waals surface area (Å²) >= 11 is 0. The van der Waals surface area contributed by atoms with E-state index in [9.17, 15) is 0 Å². The highest BCUT2D eigenvalue weighted by atomic mass is 15.1. The Morgan fingerprint density at radius 2 is 0.821 bits per heavy atom. The van der Waals surface area contributed by atoms with Crippen molar-refractivity contribution in [2.24, 2.45) is 0 Å². The van der Waals surface area contributed by atoms with Gasteiger partial charge < -0.3 is 4.90 Å². The minimum Gasteiger partial charge on any atom is -0.310 e. The second-order valence-corrected chi connectivity index (χ2v) is 16.6. The molecule has 0 aliphatic heterocycles. The lowest BCUT2D eigenvalue weighted by Gasteiger charge is -2.29. The molecule has 8 aromatic carbocycles. The minimum atomic E-state index is -0.104. The molecule has 0 heterocycles. The minimum absolute atomic E-state index is 0.104. The largest absolute Gasteiger partial charge is 0.310 e. The third kappa shape index (κ3) is 5.29. The van der Waals surface area contributed by atoms with Gasteiger partial charge in [0.05, 0.1) is 0 Å². The number of nitrogens with zero attached hydrogens (tertiary/aromatic N) is 1. The van der Waals surface area contributed by atoms with E-state index in [1.807, 2.05) is 0 Å². The van der Waals surface area contributed by atoms with Gasteiger partial charge in [0, 0.05) is 27.9 Å². The molecular weight excluding hydrogens is 675 g/mol. The van der Waals surface area contributed by atoms with Crippen LogP contribution in [0.4, 0.5) is 17.1 Å². The van der Waals surface area contributed by atoms with E-state index in [1.54, 1.807) is 0 Å². The fraction of sp³-hybridized carbons (Fsp3) is 0.127. The summed E-state index contributed by atoms with van der Waals surface area (Å²) in [6, 6.07) is 67.3. The van der Waals surface area contributed by atoms with Crippen LogP contribution < -0.4 is 4.90 Å². The molecule has 8 aromatic rings. The molecule has 0 amide bonds. The molecule has 0 saturated heterocycles. The summed E-state index contributed by atoms with van der Waals surface area (Å²) in [6.45, 7) is 11.8. The first-order valence-electron chi connectivity index (χ1n) is 19.8. The zero-order chi connectivity index (χ0) is 38.2. The fourth-order valence-electron chi connectivity index (χ4n) is 9.67. The summed E-state index contributed by atoms with van der Waals surface area (Å²) in [6.07, 6.45) is 0. The molecular formula is C55H45N. The first-order chi connectivity index (χ1) is 27.2. The zero-order valence-corrected chi connectivity index (χ0v) is 32.8. The van der Waals surface area contributed by atoms with Crippen LogP contribution in [0, 0.1) is 6.92 Å². The summed E-state index contributed by atoms with van der Waals surface area (Å²) < 4.78 is 0. The Bertz CT molecular complexity index is 2790. The van der Waals surface area contributed by atoms with Gasteiger partial charge in [0.2, 0.25) is 0 Å². The van der Waals surface area contributed by atoms with Crippen LogP contribution in [-0.2, 0) is 10.8 Å². The Morgan fingerprint density at radius 3 is 1.55 bits per heavy atom. The third-order valence-electron chi connectivity index (χ3n) is 12.7. The summed E-state index contributed by atoms with van der Waals surface area (Å²) in [5, 5.41) is 0. The monoisotopic (exact) mass is 719 g/mol. The second-order valence-electron chi connectivity index (χ2n) is 16.6. The maximum absolute atomic E-state index is 2.46. The molecule has 0 fully saturated rings. The van der Waals surface area contributed by atoms with Crippen molar-refractivity contribution in [3.63, 3.8) is 0 Å². The van der Waals surface area contributed by atoms with Crippen molar-refractivity contribution < 1.29 is 0 Å². The SMILES string of the molecule is Cc1c(-c2ccccc2)ccc2c1-c1cc(N(c3ccc(-c4cccc(-c5ccccc5)c4)cc3)c3ccc4c(c3)C(C)(C)c3ccccc3-4)ccc1C2(C)C. The topological polar surface area (TPSA) is 3.24 Å². The summed E-state index contributed by atoms with van der Waals surface area (Å²) in [7, 11) is 0. The van der Waals surface area contributed by atoms with Gasteiger partial charge >= 0.3 is 0 Å². The molecule has 56 heavy (non-hydrogen) atoms. The van der Waals surface area contributed by atoms with Crippen molar-refractivity contribution >= 4 is 17.1 Å². The van der Waals surface area contributed by atoms with Crippen LogP contribution in [-0.4, -0.2) is 0 Å². The number of hydrogen-bond acceptors (Lipinski definition) is 1. The Balaban J connectivity index is 1.13. The molecule has 0 atom stereocenters. The highest BCUT2D eigenvalue weighted by molar-refractivity contribution is 5.92. The van der Waals surface area contributed by atoms with E-state index in [0.717, 1.165) is 17.1 Å². The fourth-order valence-corrected chi connectivity index (χ4v) is 9.67. The third-order valence-corrected chi connectivity index (χ3v) is 12.7. The summed E-state index contributed by atoms with van der Waals surface area (Å²) in [4.78, 5) is 2.46. The molecule has 2 aliphatic carbocycles. The van der Waals surface area contributed by atoms with Gasteiger partial charge in [-0.15, -0.1) is 0 Å². The van der Waals surface area contributed by atoms with Gasteiger partial charge in [0.25, 0.3) is 0 Å². The lowest BCUT2D eigenvalue weighted by molar-refractivity contribution is 0.660. The van der Waals surface area contributed by atoms with Crippen molar-refractivity contribution in [2.75, 3.05) is 4.90 Å². The Hall–Kier alpha value is -6.44. The highest BCUT2D eigenvalue weighted by Gasteiger charge is 2.38. The van der Waals surface area contributed by atoms with Crippen molar-refractivity contribution in [3.05, 3.63) is 210 Å². The quantitative estimate of drug-likeness (QED) is 0.165. The van der Waals surface area contributed by atoms with Crippen molar-refractivity contribution in [1.82, 2.24) is 0 Å². The van der Waals surface area contributed by atoms with Crippen molar-refractivity contribution in [1.29, 1.82) is 0 Å². The van der Waals surface area contributed by atoms with Crippen LogP contribution in [0.3, 0.4) is 0 Å². The van der Waals surface area contributed by atoms with E-state index in [2.05, 4.69) is 222 Å². The molecule has 0 unspecified atom stereocenters. The maximum atomic E-state index is 2.46. The lowest BCUT2D eigenvalue weighted by Crippen LogP contribution is -2.17. The average Bonchev–Trinajstić information content (AvgIpc) is 3.61. The molecule has 0 aromatic heterocycles. The first kappa shape index (κ1) is 34.1. The normalized spacial score (nSPS) is 14.1. The molecule has 1 heteroatoms. The summed E-state index contributed by atoms with van der Waals surface area (Å²) in [5.41, 5.74) is 22.9. The Kier molecular flexibility index (Phi) is 7.80. The van der Waals surface area contributed by atoms with E-state index >= 15 is 0 Å². The predicted molar refractivity (Wildman–Crippen MR) is 237 cm³/mol. The van der Waals surface area contributed by atoms with Gasteiger partial charge in [-0.2, -0.15) is 0 Å². The standard InChI is InChI=1S/C55H45N/c1-36-45(39-17-10-7-11-18-39)30-32-51-53(36)48-34-43(28-31-50(48)54(51,2)3)56(44-27-29-47-46-21-12-13-22-49(46)55(4,5)52(47)35-44)42-25-23-38(24-26-42)41-20-14-19-40(33-41)37-15-8-6-9-16-37/h6-35H,1-5H3. The number of benzene rings is 8. The summed E-state index contributed by atoms with van der Waals surface area (Å²) in [5.74, 6) is 0. The van der Waals surface area contributed by atoms with Crippen LogP contribution in [0.15, 0.2) is 182 Å². The van der Waals surface area contributed by atoms with Crippen LogP contribution >= 0.6 is 0 Å². The molecule has 1 nitrogen and oxygen atoms in total. The molecule has 0 saturated carbocycles. The number of fused-ring (bicyclic) bond motifs is 6. The second kappa shape index (κ2) is 12.8. The highest BCUT2D eigenvalue weighted by Crippen LogP contribution is 2.54. The zero-order valence-electron chi connectivity index (χ0n) is 32.8. The van der Waals surface area contributed by atoms with E-state index in [1.165, 1.54) is 83.5 Å². The number of hydrogen-bond donors (Lipinski definition) is 0. The number of anilines is 3. The Labute approximate surface area is 331 Å². The molecule has 0 spiro atoms. The molecule has 270 valence electrons. The predicted octanol–water partition coefficient (Wildman–Crippen LogP) is 15.1. The van der Waals surface area contributed by atoms with Crippen molar-refractivity contribution in [3.8, 4) is 55.6 Å². The van der Waals surface area contributed by atoms with Gasteiger partial charge in [-0.25, -0.2) is 0 Å². The molecule has 10 rings (SSSR count). The van der Waals surface area contributed by atoms with Gasteiger partial charge in [-0.1, -0.05) is 167 Å². The van der Waals surface area contributed by atoms with E-state index in [4.69, 9.17) is 0 Å². The molecule has 0 bridgehead atoms. The first-order valence-corrected chi connectivity index (χ1v) is 19.8. The van der Waals surface area contributed by atoms with Gasteiger partial charge in [-0.05, 0) is 133 Å². The number of rotatable bonds is 6. The lowest BCUT2D eigenvalue weighted by atomic mass is 9.81. The molecule has 2 aliphatic rings. The van der Waals surface area contributed by atoms with E-state index < -0.39 is 0 Å². The van der Waals surface area contributed by atoms with E-state index in [-0.39, 0.29) is 10.8 Å². The maximum Gasteiger partial charge on any atom is 0.0468 e. The van der Waals surface area contributed by atoms with Gasteiger partial charge in [0.15, 0.2) is 0 Å². The smallest absolute Gasteiger partial charge is 0.0468 e. The van der Waals surface area contributed by atoms with Crippen LogP contribution in [0.2, 0.25) is 0 Å². The van der Waals surface area contributed by atoms with Crippen LogP contribution in [0.1, 0.15) is 55.5 Å². The van der Waals surface area contributed by atoms with E-state index in [0.29, 0.717) is 0 Å². The van der Waals surface area contributed by atoms with Crippen molar-refractivity contribution in [2.45, 2.75) is 45.4 Å². The van der Waals surface area contributed by atoms with Crippen LogP contribution in [0.5, 0.6) is 0 Å². The van der Waals surface area contributed by atoms with Crippen LogP contribution in [0.25, 0.3) is 55.6 Å². The van der Waals surface area contributed by atoms with Gasteiger partial charge in [0.1, 0.15) is 0 Å².